The van der Waals surface area contributed by atoms with E-state index < -0.39 is 36.3 Å². The van der Waals surface area contributed by atoms with Gasteiger partial charge in [-0.3, -0.25) is 4.79 Å². The van der Waals surface area contributed by atoms with Crippen LogP contribution in [0.2, 0.25) is 0 Å². The number of carbonyl (C=O) groups is 2. The second kappa shape index (κ2) is 15.9. The molecule has 1 aliphatic carbocycles. The van der Waals surface area contributed by atoms with Crippen LogP contribution < -0.4 is 10.6 Å². The van der Waals surface area contributed by atoms with Crippen molar-refractivity contribution in [2.75, 3.05) is 20.3 Å². The quantitative estimate of drug-likeness (QED) is 0.215. The van der Waals surface area contributed by atoms with E-state index in [9.17, 15) is 19.8 Å². The number of amides is 2. The SMILES string of the molecule is COCCOC(=O)NC(Cc1ccccc1)C(O)CC(CC=Cc1ccccc1)C(=O)N[C@H]1c2ccccc2C[C@@H]1O. The van der Waals surface area contributed by atoms with Gasteiger partial charge >= 0.3 is 6.09 Å². The molecule has 1 aliphatic rings. The van der Waals surface area contributed by atoms with E-state index in [2.05, 4.69) is 10.6 Å². The lowest BCUT2D eigenvalue weighted by Gasteiger charge is -2.28. The first-order valence-corrected chi connectivity index (χ1v) is 14.4. The van der Waals surface area contributed by atoms with Crippen molar-refractivity contribution in [1.29, 1.82) is 0 Å². The molecular weight excluding hydrogens is 532 g/mol. The lowest BCUT2D eigenvalue weighted by Crippen LogP contribution is -2.47. The third-order valence-electron chi connectivity index (χ3n) is 7.52. The van der Waals surface area contributed by atoms with Gasteiger partial charge in [-0.1, -0.05) is 97.1 Å². The molecule has 2 amide bonds. The standard InChI is InChI=1S/C34H40N2O6/c1-41-19-20-42-34(40)35-29(21-25-13-6-3-7-14-25)30(37)23-27(17-10-15-24-11-4-2-5-12-24)33(39)36-32-28-18-9-8-16-26(28)22-31(32)38/h2-16,18,27,29-32,37-38H,17,19-23H2,1H3,(H,35,40)(H,36,39)/t27?,29?,30?,31-,32-/m0/s1. The Morgan fingerprint density at radius 3 is 2.40 bits per heavy atom. The zero-order valence-corrected chi connectivity index (χ0v) is 23.9. The number of methoxy groups -OCH3 is 1. The number of nitrogens with one attached hydrogen (secondary N) is 2. The van der Waals surface area contributed by atoms with Crippen LogP contribution in [0.1, 0.15) is 41.1 Å². The van der Waals surface area contributed by atoms with Gasteiger partial charge in [0.15, 0.2) is 0 Å². The zero-order chi connectivity index (χ0) is 29.7. The maximum Gasteiger partial charge on any atom is 0.407 e. The molecule has 3 aromatic carbocycles. The molecule has 42 heavy (non-hydrogen) atoms. The molecule has 0 spiro atoms. The van der Waals surface area contributed by atoms with Gasteiger partial charge in [0.05, 0.1) is 30.9 Å². The van der Waals surface area contributed by atoms with E-state index in [0.717, 1.165) is 22.3 Å². The highest BCUT2D eigenvalue weighted by atomic mass is 16.6. The van der Waals surface area contributed by atoms with Crippen LogP contribution in [0.3, 0.4) is 0 Å². The van der Waals surface area contributed by atoms with Crippen molar-refractivity contribution in [3.05, 3.63) is 113 Å². The van der Waals surface area contributed by atoms with E-state index in [4.69, 9.17) is 9.47 Å². The fraction of sp³-hybridized carbons (Fsp3) is 0.353. The van der Waals surface area contributed by atoms with Gasteiger partial charge in [-0.05, 0) is 41.5 Å². The topological polar surface area (TPSA) is 117 Å². The summed E-state index contributed by atoms with van der Waals surface area (Å²) in [6, 6.07) is 25.8. The maximum absolute atomic E-state index is 13.7. The second-order valence-corrected chi connectivity index (χ2v) is 10.6. The van der Waals surface area contributed by atoms with Gasteiger partial charge in [0.25, 0.3) is 0 Å². The van der Waals surface area contributed by atoms with E-state index in [1.807, 2.05) is 97.1 Å². The number of alkyl carbamates (subject to hydrolysis) is 1. The predicted molar refractivity (Wildman–Crippen MR) is 162 cm³/mol. The van der Waals surface area contributed by atoms with E-state index in [0.29, 0.717) is 19.3 Å². The molecule has 0 heterocycles. The van der Waals surface area contributed by atoms with Crippen LogP contribution in [0.15, 0.2) is 91.0 Å². The first-order valence-electron chi connectivity index (χ1n) is 14.4. The third kappa shape index (κ3) is 9.01. The summed E-state index contributed by atoms with van der Waals surface area (Å²) in [5.74, 6) is -0.891. The lowest BCUT2D eigenvalue weighted by atomic mass is 9.90. The number of ether oxygens (including phenoxy) is 2. The van der Waals surface area contributed by atoms with Crippen molar-refractivity contribution in [2.24, 2.45) is 5.92 Å². The molecular formula is C34H40N2O6. The molecule has 0 aliphatic heterocycles. The first-order chi connectivity index (χ1) is 20.4. The van der Waals surface area contributed by atoms with Gasteiger partial charge in [-0.2, -0.15) is 0 Å². The van der Waals surface area contributed by atoms with Gasteiger partial charge in [0.2, 0.25) is 5.91 Å². The van der Waals surface area contributed by atoms with Crippen LogP contribution in [0.5, 0.6) is 0 Å². The summed E-state index contributed by atoms with van der Waals surface area (Å²) in [6.45, 7) is 0.336. The van der Waals surface area contributed by atoms with E-state index >= 15 is 0 Å². The van der Waals surface area contributed by atoms with Crippen molar-refractivity contribution in [2.45, 2.75) is 50.0 Å². The molecule has 0 aromatic heterocycles. The van der Waals surface area contributed by atoms with Gasteiger partial charge in [-0.25, -0.2) is 4.79 Å². The molecule has 0 fully saturated rings. The molecule has 3 aromatic rings. The Morgan fingerprint density at radius 2 is 1.67 bits per heavy atom. The normalized spacial score (nSPS) is 18.2. The zero-order valence-electron chi connectivity index (χ0n) is 23.9. The van der Waals surface area contributed by atoms with Crippen molar-refractivity contribution in [3.63, 3.8) is 0 Å². The number of hydrogen-bond donors (Lipinski definition) is 4. The Bertz CT molecular complexity index is 1300. The summed E-state index contributed by atoms with van der Waals surface area (Å²) in [4.78, 5) is 26.3. The minimum atomic E-state index is -1.05. The lowest BCUT2D eigenvalue weighted by molar-refractivity contribution is -0.127. The molecule has 0 saturated heterocycles. The first kappa shape index (κ1) is 31.0. The monoisotopic (exact) mass is 572 g/mol. The number of fused-ring (bicyclic) bond motifs is 1. The van der Waals surface area contributed by atoms with E-state index in [-0.39, 0.29) is 25.5 Å². The Kier molecular flexibility index (Phi) is 11.7. The smallest absolute Gasteiger partial charge is 0.407 e. The largest absolute Gasteiger partial charge is 0.447 e. The Labute approximate surface area is 247 Å². The Hall–Kier alpha value is -3.98. The van der Waals surface area contributed by atoms with Crippen LogP contribution in [0.25, 0.3) is 6.08 Å². The van der Waals surface area contributed by atoms with Gasteiger partial charge in [-0.15, -0.1) is 0 Å². The molecule has 8 nitrogen and oxygen atoms in total. The van der Waals surface area contributed by atoms with Crippen LogP contribution in [-0.2, 0) is 27.1 Å². The number of allylic oxidation sites excluding steroid dienone is 1. The number of aliphatic hydroxyl groups excluding tert-OH is 2. The average molecular weight is 573 g/mol. The summed E-state index contributed by atoms with van der Waals surface area (Å²) < 4.78 is 10.1. The van der Waals surface area contributed by atoms with Crippen molar-refractivity contribution in [1.82, 2.24) is 10.6 Å². The molecule has 0 bridgehead atoms. The van der Waals surface area contributed by atoms with Crippen LogP contribution in [0.4, 0.5) is 4.79 Å². The molecule has 4 rings (SSSR count). The Balaban J connectivity index is 1.51. The highest BCUT2D eigenvalue weighted by Crippen LogP contribution is 2.32. The molecule has 3 unspecified atom stereocenters. The number of aliphatic hydroxyl groups is 2. The maximum atomic E-state index is 13.7. The fourth-order valence-corrected chi connectivity index (χ4v) is 5.28. The van der Waals surface area contributed by atoms with Gasteiger partial charge < -0.3 is 30.3 Å². The molecule has 0 saturated carbocycles. The summed E-state index contributed by atoms with van der Waals surface area (Å²) in [6.07, 6.45) is 2.68. The van der Waals surface area contributed by atoms with Gasteiger partial charge in [0.1, 0.15) is 6.61 Å². The number of rotatable bonds is 14. The minimum Gasteiger partial charge on any atom is -0.447 e. The van der Waals surface area contributed by atoms with Crippen LogP contribution >= 0.6 is 0 Å². The average Bonchev–Trinajstić information content (AvgIpc) is 3.31. The highest BCUT2D eigenvalue weighted by molar-refractivity contribution is 5.80. The van der Waals surface area contributed by atoms with Crippen molar-refractivity contribution in [3.8, 4) is 0 Å². The molecule has 5 atom stereocenters. The number of benzene rings is 3. The van der Waals surface area contributed by atoms with E-state index in [1.54, 1.807) is 0 Å². The summed E-state index contributed by atoms with van der Waals surface area (Å²) in [7, 11) is 1.52. The molecule has 8 heteroatoms. The fourth-order valence-electron chi connectivity index (χ4n) is 5.28. The summed E-state index contributed by atoms with van der Waals surface area (Å²) in [5, 5.41) is 28.0. The second-order valence-electron chi connectivity index (χ2n) is 10.6. The number of hydrogen-bond acceptors (Lipinski definition) is 6. The highest BCUT2D eigenvalue weighted by Gasteiger charge is 2.35. The van der Waals surface area contributed by atoms with Crippen molar-refractivity contribution < 1.29 is 29.3 Å². The van der Waals surface area contributed by atoms with E-state index in [1.165, 1.54) is 7.11 Å². The predicted octanol–water partition coefficient (Wildman–Crippen LogP) is 4.22. The molecule has 222 valence electrons. The third-order valence-corrected chi connectivity index (χ3v) is 7.52. The van der Waals surface area contributed by atoms with Crippen LogP contribution in [-0.4, -0.2) is 60.8 Å². The summed E-state index contributed by atoms with van der Waals surface area (Å²) in [5.41, 5.74) is 3.84. The minimum absolute atomic E-state index is 0.0803. The Morgan fingerprint density at radius 1 is 0.976 bits per heavy atom. The van der Waals surface area contributed by atoms with Crippen LogP contribution in [0, 0.1) is 5.92 Å². The molecule has 4 N–H and O–H groups in total. The van der Waals surface area contributed by atoms with Crippen molar-refractivity contribution >= 4 is 18.1 Å². The summed E-state index contributed by atoms with van der Waals surface area (Å²) >= 11 is 0. The molecule has 0 radical (unpaired) electrons. The van der Waals surface area contributed by atoms with Gasteiger partial charge in [0, 0.05) is 19.4 Å². The number of carbonyl (C=O) groups excluding carboxylic acids is 2.